The maximum atomic E-state index is 12.8. The molecular weight excluding hydrogens is 475 g/mol. The van der Waals surface area contributed by atoms with Crippen molar-refractivity contribution in [2.75, 3.05) is 13.2 Å². The zero-order valence-electron chi connectivity index (χ0n) is 19.4. The number of ether oxygens (including phenoxy) is 5. The summed E-state index contributed by atoms with van der Waals surface area (Å²) in [5.41, 5.74) is 1.34. The maximum Gasteiger partial charge on any atom is 0.573 e. The van der Waals surface area contributed by atoms with Gasteiger partial charge in [0.25, 0.3) is 0 Å². The van der Waals surface area contributed by atoms with E-state index in [0.717, 1.165) is 12.1 Å². The zero-order chi connectivity index (χ0) is 25.9. The van der Waals surface area contributed by atoms with Crippen LogP contribution < -0.4 is 9.47 Å². The number of carbonyl (C=O) groups excluding carboxylic acids is 3. The van der Waals surface area contributed by atoms with E-state index in [1.807, 2.05) is 0 Å². The average molecular weight is 499 g/mol. The van der Waals surface area contributed by atoms with Gasteiger partial charge in [0.2, 0.25) is 0 Å². The van der Waals surface area contributed by atoms with E-state index in [0.29, 0.717) is 17.1 Å². The van der Waals surface area contributed by atoms with E-state index in [2.05, 4.69) is 4.74 Å². The van der Waals surface area contributed by atoms with Crippen LogP contribution in [0.25, 0.3) is 5.69 Å². The molecule has 0 N–H and O–H groups in total. The molecule has 35 heavy (non-hydrogen) atoms. The van der Waals surface area contributed by atoms with Gasteiger partial charge in [0.1, 0.15) is 24.0 Å². The minimum Gasteiger partial charge on any atom is -0.480 e. The van der Waals surface area contributed by atoms with Crippen molar-refractivity contribution >= 4 is 17.9 Å². The molecule has 0 spiro atoms. The molecule has 9 nitrogen and oxygen atoms in total. The summed E-state index contributed by atoms with van der Waals surface area (Å²) in [6, 6.07) is 5.04. The summed E-state index contributed by atoms with van der Waals surface area (Å²) in [6.45, 7) is 5.54. The molecule has 0 amide bonds. The SMILES string of the molecule is CCOC(=O)c1c2c(n(-c3ccc(OC(F)(F)F)cc3)c1C)C[C@H](OC(C)=O)[C@@H](COC(C)=O)O2. The Kier molecular flexibility index (Phi) is 7.61. The first-order chi connectivity index (χ1) is 16.4. The number of fused-ring (bicyclic) bond motifs is 1. The third-order valence-electron chi connectivity index (χ3n) is 5.11. The maximum absolute atomic E-state index is 12.8. The number of hydrogen-bond donors (Lipinski definition) is 0. The van der Waals surface area contributed by atoms with Gasteiger partial charge in [0.05, 0.1) is 12.3 Å². The Labute approximate surface area is 198 Å². The van der Waals surface area contributed by atoms with Crippen molar-refractivity contribution < 1.29 is 51.2 Å². The molecule has 2 aromatic rings. The fourth-order valence-corrected chi connectivity index (χ4v) is 3.85. The summed E-state index contributed by atoms with van der Waals surface area (Å²) in [5, 5.41) is 0. The van der Waals surface area contributed by atoms with Crippen LogP contribution in [-0.2, 0) is 30.2 Å². The summed E-state index contributed by atoms with van der Waals surface area (Å²) in [6.07, 6.45) is -6.54. The number of nitrogens with zero attached hydrogens (tertiary/aromatic N) is 1. The molecule has 12 heteroatoms. The first kappa shape index (κ1) is 25.9. The summed E-state index contributed by atoms with van der Waals surface area (Å²) in [4.78, 5) is 35.8. The monoisotopic (exact) mass is 499 g/mol. The Balaban J connectivity index is 2.10. The summed E-state index contributed by atoms with van der Waals surface area (Å²) in [5.74, 6) is -2.10. The fourth-order valence-electron chi connectivity index (χ4n) is 3.85. The molecule has 0 aliphatic carbocycles. The van der Waals surface area contributed by atoms with Gasteiger partial charge in [-0.3, -0.25) is 9.59 Å². The second-order valence-corrected chi connectivity index (χ2v) is 7.64. The number of alkyl halides is 3. The van der Waals surface area contributed by atoms with E-state index in [1.54, 1.807) is 18.4 Å². The Morgan fingerprint density at radius 2 is 1.74 bits per heavy atom. The van der Waals surface area contributed by atoms with Gasteiger partial charge in [0, 0.05) is 31.6 Å². The van der Waals surface area contributed by atoms with Crippen LogP contribution in [-0.4, -0.2) is 54.3 Å². The molecule has 1 aliphatic rings. The van der Waals surface area contributed by atoms with Crippen molar-refractivity contribution in [3.63, 3.8) is 0 Å². The Morgan fingerprint density at radius 1 is 1.09 bits per heavy atom. The van der Waals surface area contributed by atoms with Crippen molar-refractivity contribution in [3.05, 3.63) is 41.2 Å². The van der Waals surface area contributed by atoms with Gasteiger partial charge in [-0.15, -0.1) is 13.2 Å². The first-order valence-electron chi connectivity index (χ1n) is 10.7. The highest BCUT2D eigenvalue weighted by Gasteiger charge is 2.40. The van der Waals surface area contributed by atoms with Gasteiger partial charge >= 0.3 is 24.3 Å². The van der Waals surface area contributed by atoms with E-state index in [9.17, 15) is 27.6 Å². The summed E-state index contributed by atoms with van der Waals surface area (Å²) in [7, 11) is 0. The second-order valence-electron chi connectivity index (χ2n) is 7.64. The minimum absolute atomic E-state index is 0.0713. The Bertz CT molecular complexity index is 1110. The predicted molar refractivity (Wildman–Crippen MR) is 113 cm³/mol. The number of halogens is 3. The highest BCUT2D eigenvalue weighted by Crippen LogP contribution is 2.40. The van der Waals surface area contributed by atoms with Crippen molar-refractivity contribution in [2.24, 2.45) is 0 Å². The van der Waals surface area contributed by atoms with Crippen molar-refractivity contribution in [1.82, 2.24) is 4.57 Å². The van der Waals surface area contributed by atoms with E-state index >= 15 is 0 Å². The lowest BCUT2D eigenvalue weighted by Gasteiger charge is -2.32. The fraction of sp³-hybridized carbons (Fsp3) is 0.435. The van der Waals surface area contributed by atoms with Crippen molar-refractivity contribution in [1.29, 1.82) is 0 Å². The predicted octanol–water partition coefficient (Wildman–Crippen LogP) is 3.66. The topological polar surface area (TPSA) is 102 Å². The molecule has 0 saturated heterocycles. The van der Waals surface area contributed by atoms with Crippen LogP contribution in [0.15, 0.2) is 24.3 Å². The number of esters is 3. The largest absolute Gasteiger partial charge is 0.573 e. The number of carbonyl (C=O) groups is 3. The molecular formula is C23H24F3NO8. The third-order valence-corrected chi connectivity index (χ3v) is 5.11. The van der Waals surface area contributed by atoms with Crippen LogP contribution >= 0.6 is 0 Å². The molecule has 0 fully saturated rings. The van der Waals surface area contributed by atoms with Crippen molar-refractivity contribution in [2.45, 2.75) is 52.7 Å². The zero-order valence-corrected chi connectivity index (χ0v) is 19.4. The van der Waals surface area contributed by atoms with Gasteiger partial charge in [-0.25, -0.2) is 4.79 Å². The smallest absolute Gasteiger partial charge is 0.480 e. The molecule has 0 bridgehead atoms. The lowest BCUT2D eigenvalue weighted by molar-refractivity contribution is -0.274. The lowest BCUT2D eigenvalue weighted by Crippen LogP contribution is -2.44. The molecule has 190 valence electrons. The molecule has 1 aliphatic heterocycles. The van der Waals surface area contributed by atoms with Crippen molar-refractivity contribution in [3.8, 4) is 17.2 Å². The van der Waals surface area contributed by atoms with E-state index < -0.39 is 42.2 Å². The number of hydrogen-bond acceptors (Lipinski definition) is 8. The van der Waals surface area contributed by atoms with Crippen LogP contribution in [0, 0.1) is 6.92 Å². The second kappa shape index (κ2) is 10.3. The number of aromatic nitrogens is 1. The van der Waals surface area contributed by atoms with Gasteiger partial charge < -0.3 is 28.3 Å². The Morgan fingerprint density at radius 3 is 2.29 bits per heavy atom. The molecule has 1 aromatic carbocycles. The summed E-state index contributed by atoms with van der Waals surface area (Å²) < 4.78 is 64.8. The lowest BCUT2D eigenvalue weighted by atomic mass is 10.0. The van der Waals surface area contributed by atoms with Crippen LogP contribution in [0.1, 0.15) is 42.5 Å². The molecule has 3 rings (SSSR count). The molecule has 0 saturated carbocycles. The first-order valence-corrected chi connectivity index (χ1v) is 10.7. The quantitative estimate of drug-likeness (QED) is 0.420. The van der Waals surface area contributed by atoms with Crippen LogP contribution in [0.4, 0.5) is 13.2 Å². The van der Waals surface area contributed by atoms with E-state index in [-0.39, 0.29) is 30.9 Å². The van der Waals surface area contributed by atoms with E-state index in [4.69, 9.17) is 18.9 Å². The highest BCUT2D eigenvalue weighted by molar-refractivity contribution is 5.95. The standard InChI is InChI=1S/C23H24F3NO8/c1-5-31-22(30)20-12(2)27(15-6-8-16(9-7-15)35-23(24,25)26)17-10-18(33-14(4)29)19(34-21(17)20)11-32-13(3)28/h6-9,18-19H,5,10-11H2,1-4H3/t18-,19+/m0/s1. The van der Waals surface area contributed by atoms with Gasteiger partial charge in [-0.05, 0) is 38.1 Å². The molecule has 2 atom stereocenters. The van der Waals surface area contributed by atoms with Gasteiger partial charge in [-0.2, -0.15) is 0 Å². The number of rotatable bonds is 7. The van der Waals surface area contributed by atoms with Gasteiger partial charge in [-0.1, -0.05) is 0 Å². The molecule has 0 radical (unpaired) electrons. The van der Waals surface area contributed by atoms with E-state index in [1.165, 1.54) is 26.0 Å². The van der Waals surface area contributed by atoms with Crippen LogP contribution in [0.2, 0.25) is 0 Å². The normalized spacial score (nSPS) is 17.1. The van der Waals surface area contributed by atoms with Crippen LogP contribution in [0.3, 0.4) is 0 Å². The highest BCUT2D eigenvalue weighted by atomic mass is 19.4. The van der Waals surface area contributed by atoms with Crippen LogP contribution in [0.5, 0.6) is 11.5 Å². The average Bonchev–Trinajstić information content (AvgIpc) is 3.02. The van der Waals surface area contributed by atoms with Gasteiger partial charge in [0.15, 0.2) is 11.9 Å². The third kappa shape index (κ3) is 6.06. The Hall–Kier alpha value is -3.70. The minimum atomic E-state index is -4.84. The number of benzene rings is 1. The molecule has 2 heterocycles. The molecule has 0 unspecified atom stereocenters. The summed E-state index contributed by atoms with van der Waals surface area (Å²) >= 11 is 0. The molecule has 1 aromatic heterocycles.